The van der Waals surface area contributed by atoms with Gasteiger partial charge < -0.3 is 35.4 Å². The normalized spacial score (nSPS) is 17.6. The number of carbonyl (C=O) groups excluding carboxylic acids is 4. The van der Waals surface area contributed by atoms with Crippen molar-refractivity contribution in [3.05, 3.63) is 142 Å². The van der Waals surface area contributed by atoms with Gasteiger partial charge in [0.15, 0.2) is 10.8 Å². The summed E-state index contributed by atoms with van der Waals surface area (Å²) in [5.41, 5.74) is 9.24. The number of aryl methyl sites for hydroxylation is 1. The lowest BCUT2D eigenvalue weighted by Crippen LogP contribution is -2.59. The number of likely N-dealkylation sites (tertiary alicyclic amines) is 2. The molecule has 4 unspecified atom stereocenters. The predicted octanol–water partition coefficient (Wildman–Crippen LogP) is 9.46. The van der Waals surface area contributed by atoms with E-state index in [9.17, 15) is 34.2 Å². The van der Waals surface area contributed by atoms with E-state index in [1.165, 1.54) is 16.2 Å². The highest BCUT2D eigenvalue weighted by atomic mass is 32.1. The minimum atomic E-state index is -1.15. The number of rotatable bonds is 17. The highest BCUT2D eigenvalue weighted by molar-refractivity contribution is 7.22. The topological polar surface area (TPSA) is 220 Å². The fourth-order valence-electron chi connectivity index (χ4n) is 11.3. The number of para-hydroxylation sites is 1. The second-order valence-electron chi connectivity index (χ2n) is 22.6. The van der Waals surface area contributed by atoms with Crippen LogP contribution in [0.4, 0.5) is 10.9 Å². The van der Waals surface area contributed by atoms with Gasteiger partial charge in [0.05, 0.1) is 51.6 Å². The number of β-amino-alcohol motifs (C(OH)–C–C–N with tert-alkyl or cyclic N) is 1. The minimum Gasteiger partial charge on any atom is -0.493 e. The third kappa shape index (κ3) is 12.8. The summed E-state index contributed by atoms with van der Waals surface area (Å²) in [6.45, 7) is 14.4. The second-order valence-corrected chi connectivity index (χ2v) is 24.5. The summed E-state index contributed by atoms with van der Waals surface area (Å²) < 4.78 is 7.37. The number of aromatic carboxylic acids is 1. The van der Waals surface area contributed by atoms with E-state index in [4.69, 9.17) is 9.72 Å². The smallest absolute Gasteiger partial charge is 0.355 e. The molecule has 4 amide bonds. The highest BCUT2D eigenvalue weighted by Crippen LogP contribution is 2.36. The summed E-state index contributed by atoms with van der Waals surface area (Å²) in [4.78, 5) is 88.7. The number of ether oxygens (including phenoxy) is 1. The fourth-order valence-corrected chi connectivity index (χ4v) is 13.0. The molecule has 4 atom stereocenters. The van der Waals surface area contributed by atoms with Crippen LogP contribution in [0.3, 0.4) is 0 Å². The summed E-state index contributed by atoms with van der Waals surface area (Å²) in [5.74, 6) is -0.923. The first-order valence-corrected chi connectivity index (χ1v) is 29.4. The molecule has 6 heterocycles. The minimum absolute atomic E-state index is 0.00824. The third-order valence-electron chi connectivity index (χ3n) is 15.9. The summed E-state index contributed by atoms with van der Waals surface area (Å²) >= 11 is 2.99. The zero-order valence-electron chi connectivity index (χ0n) is 46.5. The standard InChI is InChI=1S/C62H69N9O8S2/c1-36-44(45-21-22-52(66-54(45)60(77)78)70-29-25-41-11-9-13-46(47(41)33-70)57(74)68-61-65-48-14-7-8-16-51(48)81-61)12-10-15-50(36)79-30-26-39-23-27-69(28-24-39)34-53(73)67-56(62(4,5)6)59(76)71-32-43(72)31-49(71)58(75)64-37(2)40-17-19-42(20-18-40)55-38(3)63-35-80-55/h7-22,35,37,39,43,49,56,72H,23-34H2,1-6H3,(H,64,75)(H,67,73)(H,77,78)(H,65,68,74). The van der Waals surface area contributed by atoms with Gasteiger partial charge in [-0.05, 0) is 141 Å². The van der Waals surface area contributed by atoms with Crippen molar-refractivity contribution in [3.63, 3.8) is 0 Å². The predicted molar refractivity (Wildman–Crippen MR) is 316 cm³/mol. The molecule has 2 saturated heterocycles. The van der Waals surface area contributed by atoms with Crippen LogP contribution in [0.1, 0.15) is 108 Å². The molecule has 4 aromatic carbocycles. The first-order chi connectivity index (χ1) is 38.9. The molecule has 17 nitrogen and oxygen atoms in total. The van der Waals surface area contributed by atoms with Crippen molar-refractivity contribution >= 4 is 73.4 Å². The molecule has 10 rings (SSSR count). The Morgan fingerprint density at radius 2 is 1.63 bits per heavy atom. The maximum atomic E-state index is 14.3. The van der Waals surface area contributed by atoms with Gasteiger partial charge in [0.2, 0.25) is 17.7 Å². The third-order valence-corrected chi connectivity index (χ3v) is 17.9. The summed E-state index contributed by atoms with van der Waals surface area (Å²) in [6, 6.07) is 28.5. The summed E-state index contributed by atoms with van der Waals surface area (Å²) in [6.07, 6.45) is 2.38. The number of thiazole rings is 2. The number of nitrogens with one attached hydrogen (secondary N) is 3. The largest absolute Gasteiger partial charge is 0.493 e. The Bertz CT molecular complexity index is 3440. The molecule has 0 saturated carbocycles. The number of aliphatic hydroxyl groups is 1. The van der Waals surface area contributed by atoms with E-state index in [2.05, 4.69) is 30.8 Å². The zero-order valence-corrected chi connectivity index (χ0v) is 48.2. The van der Waals surface area contributed by atoms with Crippen molar-refractivity contribution < 1.29 is 38.9 Å². The molecule has 5 N–H and O–H groups in total. The lowest BCUT2D eigenvalue weighted by Gasteiger charge is -2.36. The molecule has 422 valence electrons. The van der Waals surface area contributed by atoms with Crippen LogP contribution in [-0.2, 0) is 27.3 Å². The number of pyridine rings is 1. The quantitative estimate of drug-likeness (QED) is 0.0575. The lowest BCUT2D eigenvalue weighted by molar-refractivity contribution is -0.144. The maximum absolute atomic E-state index is 14.3. The number of benzene rings is 4. The first-order valence-electron chi connectivity index (χ1n) is 27.7. The molecule has 3 aliphatic rings. The van der Waals surface area contributed by atoms with E-state index < -0.39 is 35.5 Å². The van der Waals surface area contributed by atoms with Crippen molar-refractivity contribution in [2.24, 2.45) is 11.3 Å². The number of aliphatic hydroxyl groups excluding tert-OH is 1. The van der Waals surface area contributed by atoms with Gasteiger partial charge in [-0.1, -0.05) is 92.8 Å². The Kier molecular flexibility index (Phi) is 17.0. The number of fused-ring (bicyclic) bond motifs is 2. The molecule has 0 aliphatic carbocycles. The monoisotopic (exact) mass is 1130 g/mol. The van der Waals surface area contributed by atoms with Gasteiger partial charge in [-0.3, -0.25) is 29.4 Å². The molecule has 0 radical (unpaired) electrons. The molecule has 19 heteroatoms. The van der Waals surface area contributed by atoms with Crippen LogP contribution in [0.2, 0.25) is 0 Å². The van der Waals surface area contributed by atoms with Gasteiger partial charge in [-0.2, -0.15) is 0 Å². The van der Waals surface area contributed by atoms with Crippen molar-refractivity contribution in [3.8, 4) is 27.3 Å². The first kappa shape index (κ1) is 56.7. The molecular weight excluding hydrogens is 1060 g/mol. The Morgan fingerprint density at radius 1 is 0.864 bits per heavy atom. The number of anilines is 2. The van der Waals surface area contributed by atoms with Gasteiger partial charge in [0, 0.05) is 37.2 Å². The van der Waals surface area contributed by atoms with E-state index >= 15 is 0 Å². The molecule has 0 spiro atoms. The Balaban J connectivity index is 0.706. The SMILES string of the molecule is Cc1ncsc1-c1ccc(C(C)NC(=O)C2CC(O)CN2C(=O)C(NC(=O)CN2CCC(CCOc3cccc(-c4ccc(N5CCc6cccc(C(=O)Nc7nc8ccccc8s7)c6C5)nc4C(=O)O)c3C)CC2)C(C)(C)C)cc1. The van der Waals surface area contributed by atoms with Gasteiger partial charge in [0.25, 0.3) is 5.91 Å². The van der Waals surface area contributed by atoms with Crippen LogP contribution in [0.25, 0.3) is 31.8 Å². The van der Waals surface area contributed by atoms with Crippen molar-refractivity contribution in [2.75, 3.05) is 49.5 Å². The highest BCUT2D eigenvalue weighted by Gasteiger charge is 2.45. The summed E-state index contributed by atoms with van der Waals surface area (Å²) in [5, 5.41) is 30.9. The van der Waals surface area contributed by atoms with Gasteiger partial charge in [0.1, 0.15) is 23.7 Å². The molecule has 81 heavy (non-hydrogen) atoms. The van der Waals surface area contributed by atoms with E-state index in [-0.39, 0.29) is 49.0 Å². The van der Waals surface area contributed by atoms with Gasteiger partial charge >= 0.3 is 5.97 Å². The van der Waals surface area contributed by atoms with Crippen molar-refractivity contribution in [2.45, 2.75) is 104 Å². The molecule has 2 fully saturated rings. The molecule has 7 aromatic rings. The second kappa shape index (κ2) is 24.3. The van der Waals surface area contributed by atoms with Crippen LogP contribution in [0, 0.1) is 25.2 Å². The Hall–Kier alpha value is -7.58. The lowest BCUT2D eigenvalue weighted by atomic mass is 9.85. The Morgan fingerprint density at radius 3 is 2.36 bits per heavy atom. The molecule has 3 aliphatic heterocycles. The summed E-state index contributed by atoms with van der Waals surface area (Å²) in [7, 11) is 0. The van der Waals surface area contributed by atoms with Gasteiger partial charge in [-0.25, -0.2) is 19.7 Å². The molecule has 3 aromatic heterocycles. The van der Waals surface area contributed by atoms with Crippen LogP contribution in [0.15, 0.2) is 103 Å². The van der Waals surface area contributed by atoms with E-state index in [1.54, 1.807) is 17.4 Å². The maximum Gasteiger partial charge on any atom is 0.355 e. The van der Waals surface area contributed by atoms with Crippen LogP contribution >= 0.6 is 22.7 Å². The number of piperidine rings is 1. The van der Waals surface area contributed by atoms with Crippen LogP contribution in [0.5, 0.6) is 5.75 Å². The van der Waals surface area contributed by atoms with E-state index in [1.807, 2.05) is 143 Å². The van der Waals surface area contributed by atoms with Crippen molar-refractivity contribution in [1.82, 2.24) is 35.4 Å². The average Bonchev–Trinajstić information content (AvgIpc) is 4.29. The van der Waals surface area contributed by atoms with Crippen LogP contribution in [-0.4, -0.2) is 122 Å². The zero-order chi connectivity index (χ0) is 57.1. The number of carbonyl (C=O) groups is 5. The number of nitrogens with zero attached hydrogens (tertiary/aromatic N) is 6. The van der Waals surface area contributed by atoms with Crippen molar-refractivity contribution in [1.29, 1.82) is 0 Å². The van der Waals surface area contributed by atoms with E-state index in [0.29, 0.717) is 78.5 Å². The Labute approximate surface area is 479 Å². The number of carboxylic acid groups (broad SMARTS) is 1. The number of aromatic nitrogens is 3. The number of amides is 4. The number of hydrogen-bond acceptors (Lipinski definition) is 14. The molecular formula is C62H69N9O8S2. The van der Waals surface area contributed by atoms with Gasteiger partial charge in [-0.15, -0.1) is 11.3 Å². The van der Waals surface area contributed by atoms with E-state index in [0.717, 1.165) is 67.9 Å². The number of carboxylic acids is 1. The molecule has 0 bridgehead atoms. The fraction of sp³-hybridized carbons (Fsp3) is 0.387. The van der Waals surface area contributed by atoms with Crippen LogP contribution < -0.4 is 25.6 Å². The number of hydrogen-bond donors (Lipinski definition) is 5. The average molecular weight is 1130 g/mol.